The van der Waals surface area contributed by atoms with Crippen molar-refractivity contribution in [3.63, 3.8) is 0 Å². The van der Waals surface area contributed by atoms with E-state index in [0.717, 1.165) is 0 Å². The lowest BCUT2D eigenvalue weighted by Gasteiger charge is -2.21. The Balaban J connectivity index is 2.47. The molecule has 0 unspecified atom stereocenters. The Morgan fingerprint density at radius 3 is 3.00 bits per heavy atom. The van der Waals surface area contributed by atoms with E-state index >= 15 is 0 Å². The zero-order valence-corrected chi connectivity index (χ0v) is 11.7. The number of methoxy groups -OCH3 is 1. The molecular weight excluding hydrogens is 272 g/mol. The van der Waals surface area contributed by atoms with Gasteiger partial charge in [-0.1, -0.05) is 6.07 Å². The third kappa shape index (κ3) is 3.12. The van der Waals surface area contributed by atoms with Crippen LogP contribution in [0.15, 0.2) is 24.4 Å². The van der Waals surface area contributed by atoms with Gasteiger partial charge in [-0.25, -0.2) is 9.78 Å². The molecule has 0 spiro atoms. The minimum atomic E-state index is -1.05. The number of hydrogen-bond acceptors (Lipinski definition) is 5. The lowest BCUT2D eigenvalue weighted by molar-refractivity contribution is 0.0690. The average Bonchev–Trinajstić information content (AvgIpc) is 2.86. The SMILES string of the molecule is COCCN(CCC#N)c1nc2ccccn2c1C(=O)O. The summed E-state index contributed by atoms with van der Waals surface area (Å²) >= 11 is 0. The quantitative estimate of drug-likeness (QED) is 0.828. The smallest absolute Gasteiger partial charge is 0.356 e. The van der Waals surface area contributed by atoms with E-state index in [0.29, 0.717) is 31.2 Å². The molecule has 0 saturated heterocycles. The van der Waals surface area contributed by atoms with Crippen LogP contribution in [-0.4, -0.2) is 47.3 Å². The summed E-state index contributed by atoms with van der Waals surface area (Å²) in [5, 5.41) is 18.2. The van der Waals surface area contributed by atoms with Crippen molar-refractivity contribution in [1.29, 1.82) is 5.26 Å². The summed E-state index contributed by atoms with van der Waals surface area (Å²) in [6.45, 7) is 1.31. The predicted octanol–water partition coefficient (Wildman–Crippen LogP) is 1.40. The number of fused-ring (bicyclic) bond motifs is 1. The maximum Gasteiger partial charge on any atom is 0.356 e. The lowest BCUT2D eigenvalue weighted by Crippen LogP contribution is -2.30. The van der Waals surface area contributed by atoms with Crippen molar-refractivity contribution in [1.82, 2.24) is 9.38 Å². The lowest BCUT2D eigenvalue weighted by atomic mass is 10.3. The molecule has 0 aliphatic heterocycles. The molecule has 0 saturated carbocycles. The maximum atomic E-state index is 11.6. The Morgan fingerprint density at radius 2 is 2.33 bits per heavy atom. The van der Waals surface area contributed by atoms with E-state index in [9.17, 15) is 9.90 Å². The first-order chi connectivity index (χ1) is 10.2. The van der Waals surface area contributed by atoms with Crippen LogP contribution in [0.25, 0.3) is 5.65 Å². The summed E-state index contributed by atoms with van der Waals surface area (Å²) in [6.07, 6.45) is 1.95. The largest absolute Gasteiger partial charge is 0.476 e. The molecule has 1 N–H and O–H groups in total. The van der Waals surface area contributed by atoms with E-state index in [-0.39, 0.29) is 12.1 Å². The highest BCUT2D eigenvalue weighted by molar-refractivity contribution is 5.93. The Kier molecular flexibility index (Phi) is 4.74. The van der Waals surface area contributed by atoms with Gasteiger partial charge in [-0.05, 0) is 12.1 Å². The summed E-state index contributed by atoms with van der Waals surface area (Å²) < 4.78 is 6.57. The number of carboxylic acid groups (broad SMARTS) is 1. The molecule has 7 nitrogen and oxygen atoms in total. The molecule has 7 heteroatoms. The third-order valence-electron chi connectivity index (χ3n) is 3.07. The summed E-state index contributed by atoms with van der Waals surface area (Å²) in [6, 6.07) is 7.35. The van der Waals surface area contributed by atoms with Crippen molar-refractivity contribution < 1.29 is 14.6 Å². The summed E-state index contributed by atoms with van der Waals surface area (Å²) in [7, 11) is 1.57. The number of ether oxygens (including phenoxy) is 1. The number of aromatic nitrogens is 2. The first-order valence-corrected chi connectivity index (χ1v) is 6.50. The zero-order chi connectivity index (χ0) is 15.2. The van der Waals surface area contributed by atoms with Gasteiger partial charge in [-0.15, -0.1) is 0 Å². The number of imidazole rings is 1. The molecule has 2 aromatic rings. The van der Waals surface area contributed by atoms with Gasteiger partial charge < -0.3 is 14.7 Å². The van der Waals surface area contributed by atoms with E-state index in [1.54, 1.807) is 36.4 Å². The number of aromatic carboxylic acids is 1. The van der Waals surface area contributed by atoms with Crippen molar-refractivity contribution in [3.8, 4) is 6.07 Å². The van der Waals surface area contributed by atoms with Crippen LogP contribution in [0.3, 0.4) is 0 Å². The number of nitrogens with zero attached hydrogens (tertiary/aromatic N) is 4. The third-order valence-corrected chi connectivity index (χ3v) is 3.07. The minimum absolute atomic E-state index is 0.0969. The van der Waals surface area contributed by atoms with Gasteiger partial charge in [-0.3, -0.25) is 4.40 Å². The molecule has 110 valence electrons. The molecule has 0 aliphatic rings. The summed E-state index contributed by atoms with van der Waals surface area (Å²) in [5.41, 5.74) is 0.656. The average molecular weight is 288 g/mol. The molecule has 0 fully saturated rings. The first-order valence-electron chi connectivity index (χ1n) is 6.50. The highest BCUT2D eigenvalue weighted by atomic mass is 16.5. The number of nitriles is 1. The highest BCUT2D eigenvalue weighted by Crippen LogP contribution is 2.22. The van der Waals surface area contributed by atoms with Gasteiger partial charge in [-0.2, -0.15) is 5.26 Å². The van der Waals surface area contributed by atoms with Crippen molar-refractivity contribution in [2.24, 2.45) is 0 Å². The number of carboxylic acids is 1. The van der Waals surface area contributed by atoms with Gasteiger partial charge in [0.1, 0.15) is 5.65 Å². The second kappa shape index (κ2) is 6.72. The molecule has 0 aromatic carbocycles. The van der Waals surface area contributed by atoms with Gasteiger partial charge in [0.25, 0.3) is 0 Å². The fraction of sp³-hybridized carbons (Fsp3) is 0.357. The minimum Gasteiger partial charge on any atom is -0.476 e. The van der Waals surface area contributed by atoms with Crippen LogP contribution in [0.2, 0.25) is 0 Å². The number of carbonyl (C=O) groups is 1. The fourth-order valence-corrected chi connectivity index (χ4v) is 2.11. The van der Waals surface area contributed by atoms with E-state index in [1.807, 2.05) is 0 Å². The van der Waals surface area contributed by atoms with Crippen LogP contribution in [0.4, 0.5) is 5.82 Å². The van der Waals surface area contributed by atoms with Gasteiger partial charge >= 0.3 is 5.97 Å². The monoisotopic (exact) mass is 288 g/mol. The molecule has 2 heterocycles. The van der Waals surface area contributed by atoms with Crippen LogP contribution in [-0.2, 0) is 4.74 Å². The molecule has 0 atom stereocenters. The molecule has 0 aliphatic carbocycles. The molecular formula is C14H16N4O3. The first kappa shape index (κ1) is 14.8. The van der Waals surface area contributed by atoms with Crippen molar-refractivity contribution in [2.75, 3.05) is 31.7 Å². The highest BCUT2D eigenvalue weighted by Gasteiger charge is 2.22. The van der Waals surface area contributed by atoms with Crippen molar-refractivity contribution in [2.45, 2.75) is 6.42 Å². The Bertz CT molecular complexity index is 674. The Hall–Kier alpha value is -2.59. The van der Waals surface area contributed by atoms with E-state index in [4.69, 9.17) is 10.00 Å². The van der Waals surface area contributed by atoms with Crippen LogP contribution in [0.5, 0.6) is 0 Å². The fourth-order valence-electron chi connectivity index (χ4n) is 2.11. The maximum absolute atomic E-state index is 11.6. The van der Waals surface area contributed by atoms with Crippen molar-refractivity contribution >= 4 is 17.4 Å². The van der Waals surface area contributed by atoms with E-state index in [1.165, 1.54) is 4.40 Å². The molecule has 0 radical (unpaired) electrons. The summed E-state index contributed by atoms with van der Waals surface area (Å²) in [4.78, 5) is 17.7. The normalized spacial score (nSPS) is 10.5. The second-order valence-electron chi connectivity index (χ2n) is 4.41. The predicted molar refractivity (Wildman–Crippen MR) is 76.5 cm³/mol. The Labute approximate surface area is 122 Å². The molecule has 21 heavy (non-hydrogen) atoms. The van der Waals surface area contributed by atoms with Gasteiger partial charge in [0.2, 0.25) is 0 Å². The molecule has 2 aromatic heterocycles. The number of rotatable bonds is 7. The molecule has 0 bridgehead atoms. The number of hydrogen-bond donors (Lipinski definition) is 1. The standard InChI is InChI=1S/C14H16N4O3/c1-21-10-9-17(7-4-6-15)13-12(14(19)20)18-8-3-2-5-11(18)16-13/h2-3,5,8H,4,7,9-10H2,1H3,(H,19,20). The Morgan fingerprint density at radius 1 is 1.52 bits per heavy atom. The van der Waals surface area contributed by atoms with Crippen molar-refractivity contribution in [3.05, 3.63) is 30.1 Å². The van der Waals surface area contributed by atoms with E-state index in [2.05, 4.69) is 11.1 Å². The number of anilines is 1. The van der Waals surface area contributed by atoms with Crippen LogP contribution in [0.1, 0.15) is 16.9 Å². The molecule has 2 rings (SSSR count). The van der Waals surface area contributed by atoms with Crippen LogP contribution < -0.4 is 4.90 Å². The van der Waals surface area contributed by atoms with Gasteiger partial charge in [0.05, 0.1) is 19.1 Å². The topological polar surface area (TPSA) is 90.9 Å². The second-order valence-corrected chi connectivity index (χ2v) is 4.41. The van der Waals surface area contributed by atoms with E-state index < -0.39 is 5.97 Å². The molecule has 0 amide bonds. The van der Waals surface area contributed by atoms with Gasteiger partial charge in [0, 0.05) is 26.4 Å². The van der Waals surface area contributed by atoms with Crippen LogP contribution in [0, 0.1) is 11.3 Å². The van der Waals surface area contributed by atoms with Gasteiger partial charge in [0.15, 0.2) is 11.5 Å². The summed E-state index contributed by atoms with van der Waals surface area (Å²) in [5.74, 6) is -0.691. The zero-order valence-electron chi connectivity index (χ0n) is 11.7. The van der Waals surface area contributed by atoms with Crippen LogP contribution >= 0.6 is 0 Å². The number of pyridine rings is 1.